The zero-order valence-electron chi connectivity index (χ0n) is 7.18. The van der Waals surface area contributed by atoms with Gasteiger partial charge in [0.2, 0.25) is 0 Å². The van der Waals surface area contributed by atoms with Gasteiger partial charge in [-0.25, -0.2) is 0 Å². The Morgan fingerprint density at radius 1 is 1.53 bits per heavy atom. The summed E-state index contributed by atoms with van der Waals surface area (Å²) in [7, 11) is 0. The Balaban J connectivity index is 3.38. The van der Waals surface area contributed by atoms with Gasteiger partial charge in [-0.2, -0.15) is 18.4 Å². The van der Waals surface area contributed by atoms with Crippen LogP contribution in [0.2, 0.25) is 0 Å². The van der Waals surface area contributed by atoms with Crippen molar-refractivity contribution in [3.8, 4) is 6.07 Å². The van der Waals surface area contributed by atoms with Gasteiger partial charge < -0.3 is 4.57 Å². The maximum Gasteiger partial charge on any atom is 0.417 e. The van der Waals surface area contributed by atoms with E-state index in [1.54, 1.807) is 6.07 Å². The predicted octanol–water partition coefficient (Wildman–Crippen LogP) is 2.00. The predicted molar refractivity (Wildman–Crippen MR) is 54.0 cm³/mol. The number of rotatable bonds is 1. The second-order valence-corrected chi connectivity index (χ2v) is 3.83. The molecule has 0 amide bonds. The molecule has 0 aliphatic carbocycles. The topological polar surface area (TPSA) is 45.8 Å². The third-order valence-electron chi connectivity index (χ3n) is 1.61. The zero-order chi connectivity index (χ0) is 11.6. The number of pyridine rings is 1. The first kappa shape index (κ1) is 12.0. The summed E-state index contributed by atoms with van der Waals surface area (Å²) < 4.78 is 37.6. The number of hydrogen-bond acceptors (Lipinski definition) is 2. The number of nitriles is 1. The molecule has 80 valence electrons. The zero-order valence-corrected chi connectivity index (χ0v) is 9.33. The van der Waals surface area contributed by atoms with Crippen molar-refractivity contribution in [3.05, 3.63) is 31.8 Å². The molecular weight excluding hydrogens is 324 g/mol. The molecule has 0 saturated heterocycles. The lowest BCUT2D eigenvalue weighted by molar-refractivity contribution is -0.138. The normalized spacial score (nSPS) is 11.1. The summed E-state index contributed by atoms with van der Waals surface area (Å²) in [5.74, 6) is 0. The summed E-state index contributed by atoms with van der Waals surface area (Å²) in [5.41, 5.74) is -1.52. The maximum absolute atomic E-state index is 12.3. The van der Waals surface area contributed by atoms with Crippen LogP contribution in [0.15, 0.2) is 17.1 Å². The Hall–Kier alpha value is -1.04. The highest BCUT2D eigenvalue weighted by Crippen LogP contribution is 2.28. The van der Waals surface area contributed by atoms with Gasteiger partial charge in [0.25, 0.3) is 5.56 Å². The fraction of sp³-hybridized carbons (Fsp3) is 0.250. The summed E-state index contributed by atoms with van der Waals surface area (Å²) >= 11 is 1.51. The molecule has 0 fully saturated rings. The smallest absolute Gasteiger partial charge is 0.300 e. The van der Waals surface area contributed by atoms with Crippen LogP contribution in [0.3, 0.4) is 0 Å². The minimum atomic E-state index is -4.51. The Morgan fingerprint density at radius 3 is 2.60 bits per heavy atom. The number of nitrogens with zero attached hydrogens (tertiary/aromatic N) is 2. The van der Waals surface area contributed by atoms with Gasteiger partial charge >= 0.3 is 6.18 Å². The summed E-state index contributed by atoms with van der Waals surface area (Å²) in [6.45, 7) is -0.390. The lowest BCUT2D eigenvalue weighted by Gasteiger charge is -2.09. The van der Waals surface area contributed by atoms with Crippen molar-refractivity contribution < 1.29 is 13.2 Å². The van der Waals surface area contributed by atoms with Crippen LogP contribution in [0.5, 0.6) is 0 Å². The van der Waals surface area contributed by atoms with E-state index in [0.29, 0.717) is 6.20 Å². The second-order valence-electron chi connectivity index (χ2n) is 2.67. The summed E-state index contributed by atoms with van der Waals surface area (Å²) in [4.78, 5) is 11.3. The maximum atomic E-state index is 12.3. The van der Waals surface area contributed by atoms with E-state index in [-0.39, 0.29) is 3.57 Å². The number of alkyl halides is 3. The third-order valence-corrected chi connectivity index (χ3v) is 2.38. The van der Waals surface area contributed by atoms with Crippen molar-refractivity contribution in [1.29, 1.82) is 5.26 Å². The lowest BCUT2D eigenvalue weighted by atomic mass is 10.3. The van der Waals surface area contributed by atoms with Gasteiger partial charge in [0.1, 0.15) is 6.54 Å². The van der Waals surface area contributed by atoms with E-state index >= 15 is 0 Å². The van der Waals surface area contributed by atoms with Gasteiger partial charge in [-0.3, -0.25) is 4.79 Å². The molecule has 0 spiro atoms. The van der Waals surface area contributed by atoms with Crippen molar-refractivity contribution in [1.82, 2.24) is 4.57 Å². The van der Waals surface area contributed by atoms with Crippen LogP contribution in [-0.2, 0) is 12.7 Å². The fourth-order valence-corrected chi connectivity index (χ4v) is 1.59. The van der Waals surface area contributed by atoms with Gasteiger partial charge in [0, 0.05) is 6.20 Å². The fourth-order valence-electron chi connectivity index (χ4n) is 0.948. The van der Waals surface area contributed by atoms with Crippen molar-refractivity contribution in [3.63, 3.8) is 0 Å². The first-order chi connectivity index (χ1) is 6.86. The van der Waals surface area contributed by atoms with Crippen LogP contribution < -0.4 is 5.56 Å². The molecule has 15 heavy (non-hydrogen) atoms. The van der Waals surface area contributed by atoms with E-state index in [0.717, 1.165) is 10.6 Å². The molecule has 1 heterocycles. The second kappa shape index (κ2) is 4.22. The third kappa shape index (κ3) is 2.71. The van der Waals surface area contributed by atoms with Crippen LogP contribution >= 0.6 is 22.6 Å². The van der Waals surface area contributed by atoms with Gasteiger partial charge in [-0.05, 0) is 28.7 Å². The van der Waals surface area contributed by atoms with Gasteiger partial charge in [-0.15, -0.1) is 0 Å². The Bertz CT molecular complexity index is 472. The van der Waals surface area contributed by atoms with E-state index in [2.05, 4.69) is 0 Å². The molecule has 1 aromatic heterocycles. The van der Waals surface area contributed by atoms with E-state index in [1.165, 1.54) is 22.6 Å². The van der Waals surface area contributed by atoms with Gasteiger partial charge in [0.05, 0.1) is 15.2 Å². The van der Waals surface area contributed by atoms with E-state index in [4.69, 9.17) is 5.26 Å². The molecule has 1 rings (SSSR count). The molecule has 0 aliphatic heterocycles. The number of hydrogen-bond donors (Lipinski definition) is 0. The van der Waals surface area contributed by atoms with Crippen LogP contribution in [0, 0.1) is 14.9 Å². The van der Waals surface area contributed by atoms with E-state index < -0.39 is 23.8 Å². The molecule has 0 aliphatic rings. The van der Waals surface area contributed by atoms with E-state index in [9.17, 15) is 18.0 Å². The van der Waals surface area contributed by atoms with Crippen molar-refractivity contribution >= 4 is 22.6 Å². The molecule has 0 saturated carbocycles. The molecule has 0 radical (unpaired) electrons. The summed E-state index contributed by atoms with van der Waals surface area (Å²) in [6.07, 6.45) is -3.86. The molecule has 3 nitrogen and oxygen atoms in total. The van der Waals surface area contributed by atoms with Gasteiger partial charge in [0.15, 0.2) is 0 Å². The van der Waals surface area contributed by atoms with E-state index in [1.807, 2.05) is 0 Å². The van der Waals surface area contributed by atoms with Gasteiger partial charge in [-0.1, -0.05) is 0 Å². The first-order valence-corrected chi connectivity index (χ1v) is 4.78. The van der Waals surface area contributed by atoms with Crippen molar-refractivity contribution in [2.75, 3.05) is 0 Å². The molecular formula is C8H4F3IN2O. The largest absolute Gasteiger partial charge is 0.417 e. The standard InChI is InChI=1S/C8H4F3IN2O/c9-8(10,11)5-3-6(12)7(15)14(4-5)2-1-13/h3-4H,2H2. The summed E-state index contributed by atoms with van der Waals surface area (Å²) in [6, 6.07) is 2.38. The monoisotopic (exact) mass is 328 g/mol. The molecule has 0 aromatic carbocycles. The minimum absolute atomic E-state index is 0.0577. The SMILES string of the molecule is N#CCn1cc(C(F)(F)F)cc(I)c1=O. The molecule has 0 bridgehead atoms. The summed E-state index contributed by atoms with van der Waals surface area (Å²) in [5, 5.41) is 8.34. The number of aromatic nitrogens is 1. The minimum Gasteiger partial charge on any atom is -0.300 e. The Labute approximate surface area is 96.3 Å². The highest BCUT2D eigenvalue weighted by molar-refractivity contribution is 14.1. The van der Waals surface area contributed by atoms with Crippen molar-refractivity contribution in [2.24, 2.45) is 0 Å². The van der Waals surface area contributed by atoms with Crippen LogP contribution in [0.25, 0.3) is 0 Å². The Kier molecular flexibility index (Phi) is 3.38. The number of halogens is 4. The lowest BCUT2D eigenvalue weighted by Crippen LogP contribution is -2.24. The molecule has 0 N–H and O–H groups in total. The molecule has 0 atom stereocenters. The molecule has 1 aromatic rings. The quantitative estimate of drug-likeness (QED) is 0.740. The van der Waals surface area contributed by atoms with Crippen LogP contribution in [0.1, 0.15) is 5.56 Å². The van der Waals surface area contributed by atoms with Crippen LogP contribution in [-0.4, -0.2) is 4.57 Å². The average molecular weight is 328 g/mol. The van der Waals surface area contributed by atoms with Crippen molar-refractivity contribution in [2.45, 2.75) is 12.7 Å². The molecule has 7 heteroatoms. The first-order valence-electron chi connectivity index (χ1n) is 3.70. The molecule has 0 unspecified atom stereocenters. The highest BCUT2D eigenvalue weighted by Gasteiger charge is 2.31. The van der Waals surface area contributed by atoms with Crippen LogP contribution in [0.4, 0.5) is 13.2 Å². The average Bonchev–Trinajstić information content (AvgIpc) is 2.11. The Morgan fingerprint density at radius 2 is 2.13 bits per heavy atom. The highest BCUT2D eigenvalue weighted by atomic mass is 127.